The molecular weight excluding hydrogens is 214 g/mol. The van der Waals surface area contributed by atoms with E-state index in [0.29, 0.717) is 0 Å². The van der Waals surface area contributed by atoms with Crippen molar-refractivity contribution < 1.29 is 0 Å². The van der Waals surface area contributed by atoms with Crippen LogP contribution in [0.2, 0.25) is 0 Å². The fourth-order valence-corrected chi connectivity index (χ4v) is 2.54. The molecule has 0 unspecified atom stereocenters. The summed E-state index contributed by atoms with van der Waals surface area (Å²) in [4.78, 5) is 2.97. The van der Waals surface area contributed by atoms with Crippen molar-refractivity contribution in [3.8, 4) is 0 Å². The van der Waals surface area contributed by atoms with Gasteiger partial charge in [0.25, 0.3) is 0 Å². The molecule has 1 aromatic rings. The largest absolute Gasteiger partial charge is 0.330 e. The lowest BCUT2D eigenvalue weighted by molar-refractivity contribution is 0.349. The summed E-state index contributed by atoms with van der Waals surface area (Å²) in [5.41, 5.74) is 6.30. The summed E-state index contributed by atoms with van der Waals surface area (Å²) in [6.07, 6.45) is 2.33. The van der Waals surface area contributed by atoms with Crippen LogP contribution in [0.15, 0.2) is 12.1 Å². The number of hydrogen-bond donors (Lipinski definition) is 1. The van der Waals surface area contributed by atoms with Gasteiger partial charge in [0.15, 0.2) is 0 Å². The molecule has 1 aromatic heterocycles. The van der Waals surface area contributed by atoms with Gasteiger partial charge in [-0.25, -0.2) is 0 Å². The topological polar surface area (TPSA) is 26.0 Å². The molecule has 16 heavy (non-hydrogen) atoms. The summed E-state index contributed by atoms with van der Waals surface area (Å²) >= 11 is 1.95. The highest BCUT2D eigenvalue weighted by atomic mass is 32.1. The number of rotatable bonds is 4. The monoisotopic (exact) mass is 239 g/mol. The number of aryl methyl sites for hydroxylation is 1. The summed E-state index contributed by atoms with van der Waals surface area (Å²) < 4.78 is 0. The molecule has 0 amide bonds. The number of hydrogen-bond acceptors (Lipinski definition) is 2. The van der Waals surface area contributed by atoms with E-state index in [1.807, 2.05) is 11.3 Å². The Kier molecular flexibility index (Phi) is 4.19. The van der Waals surface area contributed by atoms with E-state index < -0.39 is 0 Å². The predicted molar refractivity (Wildman–Crippen MR) is 74.2 cm³/mol. The van der Waals surface area contributed by atoms with E-state index in [4.69, 9.17) is 5.73 Å². The van der Waals surface area contributed by atoms with Gasteiger partial charge < -0.3 is 5.73 Å². The van der Waals surface area contributed by atoms with E-state index in [1.54, 1.807) is 0 Å². The molecule has 92 valence electrons. The lowest BCUT2D eigenvalue weighted by atomic mass is 9.88. The minimum atomic E-state index is 0.270. The molecule has 0 radical (unpaired) electrons. The van der Waals surface area contributed by atoms with Gasteiger partial charge in [0.05, 0.1) is 0 Å². The zero-order chi connectivity index (χ0) is 12.4. The Morgan fingerprint density at radius 1 is 1.12 bits per heavy atom. The Morgan fingerprint density at radius 3 is 2.19 bits per heavy atom. The Labute approximate surface area is 104 Å². The van der Waals surface area contributed by atoms with Crippen LogP contribution in [-0.2, 0) is 11.8 Å². The highest BCUT2D eigenvalue weighted by Crippen LogP contribution is 2.31. The maximum atomic E-state index is 5.75. The number of nitrogens with two attached hydrogens (primary N) is 1. The molecule has 0 fully saturated rings. The van der Waals surface area contributed by atoms with E-state index in [9.17, 15) is 0 Å². The van der Waals surface area contributed by atoms with Crippen molar-refractivity contribution in [2.45, 2.75) is 52.9 Å². The minimum Gasteiger partial charge on any atom is -0.330 e. The van der Waals surface area contributed by atoms with Gasteiger partial charge in [-0.1, -0.05) is 34.6 Å². The Bertz CT molecular complexity index is 331. The third-order valence-electron chi connectivity index (χ3n) is 3.00. The van der Waals surface area contributed by atoms with E-state index in [2.05, 4.69) is 46.8 Å². The van der Waals surface area contributed by atoms with Crippen molar-refractivity contribution in [2.75, 3.05) is 6.54 Å². The van der Waals surface area contributed by atoms with Crippen molar-refractivity contribution in [2.24, 2.45) is 11.1 Å². The molecule has 0 aliphatic heterocycles. The van der Waals surface area contributed by atoms with Gasteiger partial charge in [-0.05, 0) is 42.3 Å². The predicted octanol–water partition coefficient (Wildman–Crippen LogP) is 3.96. The second-order valence-electron chi connectivity index (χ2n) is 6.38. The standard InChI is InChI=1S/C14H25NS/c1-13(2,3)12-7-6-11(16-12)8-9-14(4,5)10-15/h6-7H,8-10,15H2,1-5H3. The third-order valence-corrected chi connectivity index (χ3v) is 4.57. The van der Waals surface area contributed by atoms with Gasteiger partial charge >= 0.3 is 0 Å². The van der Waals surface area contributed by atoms with Crippen molar-refractivity contribution in [3.63, 3.8) is 0 Å². The van der Waals surface area contributed by atoms with Crippen molar-refractivity contribution in [1.29, 1.82) is 0 Å². The van der Waals surface area contributed by atoms with E-state index in [-0.39, 0.29) is 10.8 Å². The quantitative estimate of drug-likeness (QED) is 0.845. The van der Waals surface area contributed by atoms with Gasteiger partial charge in [-0.2, -0.15) is 0 Å². The summed E-state index contributed by atoms with van der Waals surface area (Å²) in [7, 11) is 0. The number of thiophene rings is 1. The summed E-state index contributed by atoms with van der Waals surface area (Å²) in [6.45, 7) is 12.1. The Morgan fingerprint density at radius 2 is 1.75 bits per heavy atom. The maximum Gasteiger partial charge on any atom is 0.0102 e. The Balaban J connectivity index is 2.60. The van der Waals surface area contributed by atoms with Crippen molar-refractivity contribution in [3.05, 3.63) is 21.9 Å². The van der Waals surface area contributed by atoms with Crippen LogP contribution >= 0.6 is 11.3 Å². The SMILES string of the molecule is CC(C)(CN)CCc1ccc(C(C)(C)C)s1. The molecule has 0 aliphatic rings. The zero-order valence-electron chi connectivity index (χ0n) is 11.3. The molecule has 2 N–H and O–H groups in total. The smallest absolute Gasteiger partial charge is 0.0102 e. The first-order valence-corrected chi connectivity index (χ1v) is 6.85. The third kappa shape index (κ3) is 3.91. The lowest BCUT2D eigenvalue weighted by Crippen LogP contribution is -2.23. The fourth-order valence-electron chi connectivity index (χ4n) is 1.48. The first kappa shape index (κ1) is 13.7. The molecule has 1 heterocycles. The minimum absolute atomic E-state index is 0.270. The molecule has 0 saturated heterocycles. The van der Waals surface area contributed by atoms with Gasteiger partial charge in [0, 0.05) is 9.75 Å². The van der Waals surface area contributed by atoms with Crippen LogP contribution in [-0.4, -0.2) is 6.54 Å². The molecule has 0 aromatic carbocycles. The van der Waals surface area contributed by atoms with E-state index in [0.717, 1.165) is 13.0 Å². The molecule has 0 atom stereocenters. The first-order valence-electron chi connectivity index (χ1n) is 6.04. The van der Waals surface area contributed by atoms with Gasteiger partial charge in [-0.15, -0.1) is 11.3 Å². The highest BCUT2D eigenvalue weighted by Gasteiger charge is 2.18. The first-order chi connectivity index (χ1) is 7.24. The van der Waals surface area contributed by atoms with Crippen LogP contribution in [0.3, 0.4) is 0 Å². The molecule has 0 saturated carbocycles. The maximum absolute atomic E-state index is 5.75. The van der Waals surface area contributed by atoms with Gasteiger partial charge in [0.1, 0.15) is 0 Å². The molecule has 1 rings (SSSR count). The van der Waals surface area contributed by atoms with Crippen molar-refractivity contribution >= 4 is 11.3 Å². The van der Waals surface area contributed by atoms with Crippen LogP contribution in [0.4, 0.5) is 0 Å². The lowest BCUT2D eigenvalue weighted by Gasteiger charge is -2.21. The van der Waals surface area contributed by atoms with E-state index >= 15 is 0 Å². The molecule has 1 nitrogen and oxygen atoms in total. The van der Waals surface area contributed by atoms with Crippen LogP contribution in [0, 0.1) is 5.41 Å². The van der Waals surface area contributed by atoms with Crippen LogP contribution in [0.5, 0.6) is 0 Å². The molecule has 0 aliphatic carbocycles. The summed E-state index contributed by atoms with van der Waals surface area (Å²) in [5, 5.41) is 0. The average Bonchev–Trinajstić information content (AvgIpc) is 2.63. The highest BCUT2D eigenvalue weighted by molar-refractivity contribution is 7.12. The fraction of sp³-hybridized carbons (Fsp3) is 0.714. The molecular formula is C14H25NS. The normalized spacial score (nSPS) is 13.1. The van der Waals surface area contributed by atoms with Crippen LogP contribution in [0.25, 0.3) is 0 Å². The second-order valence-corrected chi connectivity index (χ2v) is 7.55. The summed E-state index contributed by atoms with van der Waals surface area (Å²) in [5.74, 6) is 0. The van der Waals surface area contributed by atoms with E-state index in [1.165, 1.54) is 16.2 Å². The van der Waals surface area contributed by atoms with Crippen LogP contribution in [0.1, 0.15) is 50.8 Å². The summed E-state index contributed by atoms with van der Waals surface area (Å²) in [6, 6.07) is 4.55. The molecule has 0 spiro atoms. The van der Waals surface area contributed by atoms with Crippen molar-refractivity contribution in [1.82, 2.24) is 0 Å². The van der Waals surface area contributed by atoms with Gasteiger partial charge in [-0.3, -0.25) is 0 Å². The van der Waals surface area contributed by atoms with Gasteiger partial charge in [0.2, 0.25) is 0 Å². The molecule has 2 heteroatoms. The zero-order valence-corrected chi connectivity index (χ0v) is 12.1. The van der Waals surface area contributed by atoms with Crippen LogP contribution < -0.4 is 5.73 Å². The molecule has 0 bridgehead atoms. The Hall–Kier alpha value is -0.340. The average molecular weight is 239 g/mol. The second kappa shape index (κ2) is 4.89.